The number of hydrogen-bond acceptors (Lipinski definition) is 4. The Bertz CT molecular complexity index is 388. The summed E-state index contributed by atoms with van der Waals surface area (Å²) < 4.78 is 0. The third-order valence-electron chi connectivity index (χ3n) is 3.47. The first kappa shape index (κ1) is 14.0. The Morgan fingerprint density at radius 2 is 2.00 bits per heavy atom. The van der Waals surface area contributed by atoms with Crippen LogP contribution in [0.5, 0.6) is 0 Å². The van der Waals surface area contributed by atoms with E-state index in [1.165, 1.54) is 0 Å². The van der Waals surface area contributed by atoms with E-state index in [-0.39, 0.29) is 5.91 Å². The van der Waals surface area contributed by atoms with Crippen molar-refractivity contribution in [3.8, 4) is 0 Å². The van der Waals surface area contributed by atoms with E-state index in [9.17, 15) is 4.79 Å². The number of likely N-dealkylation sites (N-methyl/N-ethyl adjacent to an activating group) is 1. The van der Waals surface area contributed by atoms with E-state index in [1.807, 2.05) is 18.2 Å². The highest BCUT2D eigenvalue weighted by Crippen LogP contribution is 2.00. The molecule has 0 aromatic carbocycles. The van der Waals surface area contributed by atoms with Crippen molar-refractivity contribution in [1.29, 1.82) is 0 Å². The molecule has 19 heavy (non-hydrogen) atoms. The van der Waals surface area contributed by atoms with Crippen LogP contribution in [0.25, 0.3) is 0 Å². The Morgan fingerprint density at radius 3 is 2.63 bits per heavy atom. The summed E-state index contributed by atoms with van der Waals surface area (Å²) in [5, 5.41) is 2.91. The number of amides is 1. The Balaban J connectivity index is 1.67. The van der Waals surface area contributed by atoms with Gasteiger partial charge in [0.05, 0.1) is 18.8 Å². The van der Waals surface area contributed by atoms with Gasteiger partial charge in [-0.2, -0.15) is 0 Å². The van der Waals surface area contributed by atoms with Gasteiger partial charge in [0.1, 0.15) is 0 Å². The van der Waals surface area contributed by atoms with Gasteiger partial charge in [-0.3, -0.25) is 14.7 Å². The van der Waals surface area contributed by atoms with Gasteiger partial charge in [0.25, 0.3) is 0 Å². The highest BCUT2D eigenvalue weighted by atomic mass is 16.2. The van der Waals surface area contributed by atoms with Crippen LogP contribution in [0.15, 0.2) is 24.4 Å². The number of carbonyl (C=O) groups excluding carboxylic acids is 1. The van der Waals surface area contributed by atoms with Crippen molar-refractivity contribution in [2.45, 2.75) is 13.5 Å². The first-order valence-electron chi connectivity index (χ1n) is 6.89. The standard InChI is InChI=1S/C14H22N4O/c1-2-17-7-9-18(10-8-17)12-14(19)16-11-13-5-3-4-6-15-13/h3-6H,2,7-12H2,1H3,(H,16,19). The van der Waals surface area contributed by atoms with Crippen molar-refractivity contribution < 1.29 is 4.79 Å². The molecule has 0 bridgehead atoms. The lowest BCUT2D eigenvalue weighted by atomic mass is 10.3. The smallest absolute Gasteiger partial charge is 0.234 e. The molecule has 104 valence electrons. The minimum Gasteiger partial charge on any atom is -0.349 e. The van der Waals surface area contributed by atoms with Crippen LogP contribution in [0.1, 0.15) is 12.6 Å². The molecule has 1 saturated heterocycles. The van der Waals surface area contributed by atoms with Gasteiger partial charge in [-0.15, -0.1) is 0 Å². The molecule has 1 amide bonds. The number of nitrogens with one attached hydrogen (secondary N) is 1. The summed E-state index contributed by atoms with van der Waals surface area (Å²) in [4.78, 5) is 20.6. The van der Waals surface area contributed by atoms with Gasteiger partial charge in [-0.25, -0.2) is 0 Å². The summed E-state index contributed by atoms with van der Waals surface area (Å²) in [5.41, 5.74) is 0.895. The second kappa shape index (κ2) is 7.21. The quantitative estimate of drug-likeness (QED) is 0.831. The molecule has 5 nitrogen and oxygen atoms in total. The molecule has 2 rings (SSSR count). The molecule has 2 heterocycles. The summed E-state index contributed by atoms with van der Waals surface area (Å²) in [6.45, 7) is 8.34. The van der Waals surface area contributed by atoms with Crippen LogP contribution in [0.4, 0.5) is 0 Å². The van der Waals surface area contributed by atoms with Crippen LogP contribution in [-0.4, -0.2) is 60.0 Å². The van der Waals surface area contributed by atoms with E-state index in [0.29, 0.717) is 13.1 Å². The average Bonchev–Trinajstić information content (AvgIpc) is 2.47. The molecule has 0 radical (unpaired) electrons. The molecular formula is C14H22N4O. The van der Waals surface area contributed by atoms with Gasteiger partial charge in [0, 0.05) is 32.4 Å². The zero-order valence-electron chi connectivity index (χ0n) is 11.5. The normalized spacial score (nSPS) is 17.3. The van der Waals surface area contributed by atoms with E-state index in [4.69, 9.17) is 0 Å². The van der Waals surface area contributed by atoms with Gasteiger partial charge >= 0.3 is 0 Å². The first-order valence-corrected chi connectivity index (χ1v) is 6.89. The predicted molar refractivity (Wildman–Crippen MR) is 74.6 cm³/mol. The lowest BCUT2D eigenvalue weighted by Crippen LogP contribution is -2.49. The van der Waals surface area contributed by atoms with E-state index < -0.39 is 0 Å². The molecule has 0 aliphatic carbocycles. The minimum absolute atomic E-state index is 0.0793. The van der Waals surface area contributed by atoms with E-state index >= 15 is 0 Å². The first-order chi connectivity index (χ1) is 9.28. The van der Waals surface area contributed by atoms with Crippen molar-refractivity contribution in [3.05, 3.63) is 30.1 Å². The molecule has 1 aromatic rings. The van der Waals surface area contributed by atoms with Gasteiger partial charge in [-0.05, 0) is 18.7 Å². The van der Waals surface area contributed by atoms with Crippen molar-refractivity contribution in [2.24, 2.45) is 0 Å². The summed E-state index contributed by atoms with van der Waals surface area (Å²) in [6.07, 6.45) is 1.74. The highest BCUT2D eigenvalue weighted by Gasteiger charge is 2.17. The Hall–Kier alpha value is -1.46. The lowest BCUT2D eigenvalue weighted by molar-refractivity contribution is -0.122. The van der Waals surface area contributed by atoms with E-state index in [2.05, 4.69) is 27.0 Å². The lowest BCUT2D eigenvalue weighted by Gasteiger charge is -2.33. The molecule has 0 saturated carbocycles. The van der Waals surface area contributed by atoms with Crippen LogP contribution in [0.3, 0.4) is 0 Å². The monoisotopic (exact) mass is 262 g/mol. The molecular weight excluding hydrogens is 240 g/mol. The second-order valence-electron chi connectivity index (χ2n) is 4.81. The molecule has 1 aromatic heterocycles. The van der Waals surface area contributed by atoms with Crippen molar-refractivity contribution in [1.82, 2.24) is 20.1 Å². The third-order valence-corrected chi connectivity index (χ3v) is 3.47. The fraction of sp³-hybridized carbons (Fsp3) is 0.571. The van der Waals surface area contributed by atoms with E-state index in [1.54, 1.807) is 6.20 Å². The second-order valence-corrected chi connectivity index (χ2v) is 4.81. The van der Waals surface area contributed by atoms with Crippen LogP contribution in [-0.2, 0) is 11.3 Å². The maximum Gasteiger partial charge on any atom is 0.234 e. The van der Waals surface area contributed by atoms with Crippen molar-refractivity contribution >= 4 is 5.91 Å². The zero-order valence-corrected chi connectivity index (χ0v) is 11.5. The fourth-order valence-electron chi connectivity index (χ4n) is 2.21. The number of carbonyl (C=O) groups is 1. The molecule has 1 N–H and O–H groups in total. The summed E-state index contributed by atoms with van der Waals surface area (Å²) >= 11 is 0. The van der Waals surface area contributed by atoms with Crippen molar-refractivity contribution in [2.75, 3.05) is 39.3 Å². The zero-order chi connectivity index (χ0) is 13.5. The predicted octanol–water partition coefficient (Wildman–Crippen LogP) is 0.335. The largest absolute Gasteiger partial charge is 0.349 e. The average molecular weight is 262 g/mol. The van der Waals surface area contributed by atoms with Gasteiger partial charge in [-0.1, -0.05) is 13.0 Å². The van der Waals surface area contributed by atoms with Crippen LogP contribution < -0.4 is 5.32 Å². The Labute approximate surface area is 114 Å². The number of hydrogen-bond donors (Lipinski definition) is 1. The molecule has 1 aliphatic heterocycles. The SMILES string of the molecule is CCN1CCN(CC(=O)NCc2ccccn2)CC1. The Kier molecular flexibility index (Phi) is 5.30. The molecule has 1 fully saturated rings. The minimum atomic E-state index is 0.0793. The number of nitrogens with zero attached hydrogens (tertiary/aromatic N) is 3. The van der Waals surface area contributed by atoms with E-state index in [0.717, 1.165) is 38.4 Å². The third kappa shape index (κ3) is 4.61. The molecule has 0 unspecified atom stereocenters. The molecule has 1 aliphatic rings. The van der Waals surface area contributed by atoms with Crippen LogP contribution >= 0.6 is 0 Å². The molecule has 0 spiro atoms. The number of rotatable bonds is 5. The van der Waals surface area contributed by atoms with Gasteiger partial charge < -0.3 is 10.2 Å². The summed E-state index contributed by atoms with van der Waals surface area (Å²) in [5.74, 6) is 0.0793. The molecule has 5 heteroatoms. The topological polar surface area (TPSA) is 48.5 Å². The van der Waals surface area contributed by atoms with Gasteiger partial charge in [0.2, 0.25) is 5.91 Å². The summed E-state index contributed by atoms with van der Waals surface area (Å²) in [7, 11) is 0. The maximum atomic E-state index is 11.8. The van der Waals surface area contributed by atoms with Crippen molar-refractivity contribution in [3.63, 3.8) is 0 Å². The van der Waals surface area contributed by atoms with Crippen LogP contribution in [0, 0.1) is 0 Å². The molecule has 0 atom stereocenters. The Morgan fingerprint density at radius 1 is 1.26 bits per heavy atom. The van der Waals surface area contributed by atoms with Gasteiger partial charge in [0.15, 0.2) is 0 Å². The summed E-state index contributed by atoms with van der Waals surface area (Å²) in [6, 6.07) is 5.72. The number of pyridine rings is 1. The number of piperazine rings is 1. The maximum absolute atomic E-state index is 11.8. The fourth-order valence-corrected chi connectivity index (χ4v) is 2.21. The highest BCUT2D eigenvalue weighted by molar-refractivity contribution is 5.77. The van der Waals surface area contributed by atoms with Crippen LogP contribution in [0.2, 0.25) is 0 Å². The number of aromatic nitrogens is 1.